The minimum atomic E-state index is -0.211. The fourth-order valence-electron chi connectivity index (χ4n) is 4.16. The van der Waals surface area contributed by atoms with Gasteiger partial charge in [-0.1, -0.05) is 6.92 Å². The van der Waals surface area contributed by atoms with Crippen molar-refractivity contribution in [1.29, 1.82) is 0 Å². The zero-order valence-corrected chi connectivity index (χ0v) is 21.4. The van der Waals surface area contributed by atoms with Gasteiger partial charge in [-0.15, -0.1) is 11.3 Å². The van der Waals surface area contributed by atoms with Crippen molar-refractivity contribution in [2.45, 2.75) is 51.2 Å². The molecule has 4 rings (SSSR count). The molecule has 7 nitrogen and oxygen atoms in total. The summed E-state index contributed by atoms with van der Waals surface area (Å²) in [4.78, 5) is 24.7. The fraction of sp³-hybridized carbons (Fsp3) is 0.500. The highest BCUT2D eigenvalue weighted by molar-refractivity contribution is 7.99. The molecule has 0 saturated carbocycles. The lowest BCUT2D eigenvalue weighted by atomic mass is 9.97. The third-order valence-electron chi connectivity index (χ3n) is 6.19. The first-order valence-corrected chi connectivity index (χ1v) is 13.6. The van der Waals surface area contributed by atoms with E-state index in [4.69, 9.17) is 4.98 Å². The fourth-order valence-corrected chi connectivity index (χ4v) is 5.47. The summed E-state index contributed by atoms with van der Waals surface area (Å²) in [5.74, 6) is 0.835. The number of piperidine rings is 1. The van der Waals surface area contributed by atoms with Crippen LogP contribution in [0.2, 0.25) is 0 Å². The van der Waals surface area contributed by atoms with Crippen molar-refractivity contribution < 1.29 is 4.79 Å². The summed E-state index contributed by atoms with van der Waals surface area (Å²) in [6, 6.07) is 5.64. The Bertz CT molecular complexity index is 1090. The Hall–Kier alpha value is -2.23. The summed E-state index contributed by atoms with van der Waals surface area (Å²) < 4.78 is 1.76. The van der Waals surface area contributed by atoms with Crippen LogP contribution in [0.1, 0.15) is 59.0 Å². The van der Waals surface area contributed by atoms with Crippen molar-refractivity contribution in [2.75, 3.05) is 31.2 Å². The van der Waals surface area contributed by atoms with E-state index in [1.807, 2.05) is 49.2 Å². The van der Waals surface area contributed by atoms with E-state index in [1.54, 1.807) is 22.2 Å². The second-order valence-electron chi connectivity index (χ2n) is 8.69. The molecule has 3 aromatic rings. The van der Waals surface area contributed by atoms with Crippen LogP contribution in [-0.2, 0) is 0 Å². The van der Waals surface area contributed by atoms with E-state index in [9.17, 15) is 4.79 Å². The van der Waals surface area contributed by atoms with Crippen molar-refractivity contribution >= 4 is 34.7 Å². The third-order valence-corrected chi connectivity index (χ3v) is 8.24. The van der Waals surface area contributed by atoms with E-state index in [2.05, 4.69) is 33.5 Å². The smallest absolute Gasteiger partial charge is 0.275 e. The first kappa shape index (κ1) is 23.9. The first-order chi connectivity index (χ1) is 15.9. The molecule has 1 saturated heterocycles. The summed E-state index contributed by atoms with van der Waals surface area (Å²) in [5.41, 5.74) is 2.96. The number of rotatable bonds is 8. The molecule has 1 amide bonds. The highest BCUT2D eigenvalue weighted by Gasteiger charge is 2.24. The average molecular weight is 485 g/mol. The number of hydrogen-bond acceptors (Lipinski definition) is 7. The number of nitrogens with zero attached hydrogens (tertiary/aromatic N) is 5. The number of thiazole rings is 1. The topological polar surface area (TPSA) is 75.9 Å². The minimum Gasteiger partial charge on any atom is -0.317 e. The average Bonchev–Trinajstić information content (AvgIpc) is 3.44. The molecule has 1 fully saturated rings. The van der Waals surface area contributed by atoms with Crippen molar-refractivity contribution in [1.82, 2.24) is 24.6 Å². The van der Waals surface area contributed by atoms with Gasteiger partial charge in [0.1, 0.15) is 5.69 Å². The van der Waals surface area contributed by atoms with Crippen LogP contribution in [0.3, 0.4) is 0 Å². The molecular weight excluding hydrogens is 452 g/mol. The van der Waals surface area contributed by atoms with Crippen LogP contribution in [-0.4, -0.2) is 61.7 Å². The van der Waals surface area contributed by atoms with Crippen LogP contribution in [0, 0.1) is 13.8 Å². The zero-order chi connectivity index (χ0) is 23.4. The van der Waals surface area contributed by atoms with Gasteiger partial charge in [0.15, 0.2) is 5.82 Å². The second kappa shape index (κ2) is 10.8. The maximum atomic E-state index is 13.0. The quantitative estimate of drug-likeness (QED) is 0.489. The van der Waals surface area contributed by atoms with Crippen LogP contribution < -0.4 is 5.32 Å². The number of aromatic nitrogens is 4. The van der Waals surface area contributed by atoms with Crippen molar-refractivity contribution in [3.05, 3.63) is 51.9 Å². The predicted octanol–water partition coefficient (Wildman–Crippen LogP) is 4.91. The molecule has 0 aliphatic carbocycles. The number of carbonyl (C=O) groups is 1. The van der Waals surface area contributed by atoms with E-state index in [-0.39, 0.29) is 5.91 Å². The summed E-state index contributed by atoms with van der Waals surface area (Å²) in [7, 11) is 0. The molecule has 176 valence electrons. The minimum absolute atomic E-state index is 0.211. The van der Waals surface area contributed by atoms with E-state index >= 15 is 0 Å². The monoisotopic (exact) mass is 484 g/mol. The molecule has 0 bridgehead atoms. The maximum absolute atomic E-state index is 13.0. The Morgan fingerprint density at radius 1 is 1.33 bits per heavy atom. The van der Waals surface area contributed by atoms with Crippen molar-refractivity contribution in [3.63, 3.8) is 0 Å². The largest absolute Gasteiger partial charge is 0.317 e. The van der Waals surface area contributed by atoms with Gasteiger partial charge >= 0.3 is 0 Å². The molecule has 33 heavy (non-hydrogen) atoms. The molecule has 3 aromatic heterocycles. The Kier molecular flexibility index (Phi) is 7.82. The molecular formula is C24H32N6OS2. The number of amides is 1. The normalized spacial score (nSPS) is 16.1. The predicted molar refractivity (Wildman–Crippen MR) is 137 cm³/mol. The summed E-state index contributed by atoms with van der Waals surface area (Å²) in [5, 5.41) is 11.1. The van der Waals surface area contributed by atoms with Crippen LogP contribution in [0.25, 0.3) is 5.82 Å². The third kappa shape index (κ3) is 5.83. The number of anilines is 1. The zero-order valence-electron chi connectivity index (χ0n) is 19.7. The highest BCUT2D eigenvalue weighted by Crippen LogP contribution is 2.31. The van der Waals surface area contributed by atoms with Gasteiger partial charge in [0, 0.05) is 28.4 Å². The number of carbonyl (C=O) groups excluding carboxylic acids is 1. The molecule has 1 unspecified atom stereocenters. The van der Waals surface area contributed by atoms with Crippen molar-refractivity contribution in [3.8, 4) is 5.82 Å². The van der Waals surface area contributed by atoms with Crippen LogP contribution >= 0.6 is 23.1 Å². The number of pyridine rings is 1. The molecule has 4 heterocycles. The maximum Gasteiger partial charge on any atom is 0.275 e. The lowest BCUT2D eigenvalue weighted by molar-refractivity contribution is 0.102. The number of aryl methyl sites for hydroxylation is 2. The van der Waals surface area contributed by atoms with Crippen LogP contribution in [0.15, 0.2) is 29.8 Å². The van der Waals surface area contributed by atoms with Gasteiger partial charge < -0.3 is 10.2 Å². The summed E-state index contributed by atoms with van der Waals surface area (Å²) in [6.07, 6.45) is 7.33. The molecule has 1 N–H and O–H groups in total. The van der Waals surface area contributed by atoms with E-state index in [0.717, 1.165) is 42.3 Å². The van der Waals surface area contributed by atoms with Gasteiger partial charge in [-0.25, -0.2) is 14.6 Å². The van der Waals surface area contributed by atoms with Crippen molar-refractivity contribution in [2.24, 2.45) is 0 Å². The van der Waals surface area contributed by atoms with Gasteiger partial charge in [-0.3, -0.25) is 4.79 Å². The number of hydrogen-bond donors (Lipinski definition) is 1. The van der Waals surface area contributed by atoms with Gasteiger partial charge in [0.25, 0.3) is 5.91 Å². The molecule has 0 spiro atoms. The van der Waals surface area contributed by atoms with E-state index in [1.165, 1.54) is 13.0 Å². The molecule has 1 atom stereocenters. The Morgan fingerprint density at radius 3 is 2.82 bits per heavy atom. The van der Waals surface area contributed by atoms with Crippen LogP contribution in [0.4, 0.5) is 5.69 Å². The van der Waals surface area contributed by atoms with E-state index < -0.39 is 0 Å². The first-order valence-electron chi connectivity index (χ1n) is 11.4. The number of thioether (sulfide) groups is 1. The Labute approximate surface area is 204 Å². The highest BCUT2D eigenvalue weighted by atomic mass is 32.2. The van der Waals surface area contributed by atoms with Crippen LogP contribution in [0.5, 0.6) is 0 Å². The molecule has 1 aliphatic rings. The SMILES string of the molecule is CSC(C)CCN1CCC(c2nc(C(=O)Nc3cccnc3-n3nc(C)cc3C)cs2)CC1. The van der Waals surface area contributed by atoms with Gasteiger partial charge in [-0.2, -0.15) is 16.9 Å². The molecule has 1 aliphatic heterocycles. The number of likely N-dealkylation sites (tertiary alicyclic amines) is 1. The lowest BCUT2D eigenvalue weighted by Gasteiger charge is -2.31. The Balaban J connectivity index is 1.38. The summed E-state index contributed by atoms with van der Waals surface area (Å²) >= 11 is 3.53. The van der Waals surface area contributed by atoms with Gasteiger partial charge in [0.2, 0.25) is 0 Å². The van der Waals surface area contributed by atoms with E-state index in [0.29, 0.717) is 28.4 Å². The van der Waals surface area contributed by atoms with Gasteiger partial charge in [0.05, 0.1) is 16.4 Å². The summed E-state index contributed by atoms with van der Waals surface area (Å²) in [6.45, 7) is 9.59. The van der Waals surface area contributed by atoms with Gasteiger partial charge in [-0.05, 0) is 77.2 Å². The Morgan fingerprint density at radius 2 is 2.12 bits per heavy atom. The number of nitrogens with one attached hydrogen (secondary N) is 1. The lowest BCUT2D eigenvalue weighted by Crippen LogP contribution is -2.34. The molecule has 0 radical (unpaired) electrons. The molecule has 0 aromatic carbocycles. The standard InChI is InChI=1S/C24H32N6OS2/c1-16-14-17(2)30(28-16)22-20(6-5-10-25-22)26-23(31)21-15-33-24(27-21)19-8-12-29(13-9-19)11-7-18(3)32-4/h5-6,10,14-15,18-19H,7-9,11-13H2,1-4H3,(H,26,31). The second-order valence-corrected chi connectivity index (χ2v) is 10.9. The molecule has 9 heteroatoms.